The predicted octanol–water partition coefficient (Wildman–Crippen LogP) is 1.31. The molecular formula is C12H18N2O2. The van der Waals surface area contributed by atoms with E-state index in [1.165, 1.54) is 0 Å². The van der Waals surface area contributed by atoms with E-state index in [-0.39, 0.29) is 0 Å². The van der Waals surface area contributed by atoms with Crippen LogP contribution in [0.2, 0.25) is 0 Å². The summed E-state index contributed by atoms with van der Waals surface area (Å²) in [6.07, 6.45) is 3.84. The Bertz CT molecular complexity index is 366. The lowest BCUT2D eigenvalue weighted by Crippen LogP contribution is -2.34. The number of aryl methyl sites for hydroxylation is 1. The highest BCUT2D eigenvalue weighted by molar-refractivity contribution is 5.46. The van der Waals surface area contributed by atoms with E-state index in [2.05, 4.69) is 4.98 Å². The van der Waals surface area contributed by atoms with Crippen molar-refractivity contribution < 1.29 is 10.2 Å². The fraction of sp³-hybridized carbons (Fsp3) is 0.583. The van der Waals surface area contributed by atoms with Gasteiger partial charge in [-0.15, -0.1) is 0 Å². The number of aliphatic hydroxyl groups excluding tert-OH is 1. The Kier molecular flexibility index (Phi) is 2.86. The molecule has 1 fully saturated rings. The summed E-state index contributed by atoms with van der Waals surface area (Å²) in [6.45, 7) is 1.87. The molecule has 2 rings (SSSR count). The average Bonchev–Trinajstić information content (AvgIpc) is 2.66. The average molecular weight is 222 g/mol. The van der Waals surface area contributed by atoms with E-state index in [4.69, 9.17) is 5.73 Å². The molecule has 0 radical (unpaired) electrons. The molecule has 1 saturated carbocycles. The minimum absolute atomic E-state index is 0.313. The summed E-state index contributed by atoms with van der Waals surface area (Å²) in [6, 6.07) is 1.80. The predicted molar refractivity (Wildman–Crippen MR) is 61.8 cm³/mol. The number of pyridine rings is 1. The Hall–Kier alpha value is -1.13. The molecule has 1 aromatic rings. The Morgan fingerprint density at radius 2 is 2.06 bits per heavy atom. The number of nitrogen functional groups attached to an aromatic ring is 1. The lowest BCUT2D eigenvalue weighted by molar-refractivity contribution is -0.0719. The van der Waals surface area contributed by atoms with Crippen LogP contribution in [-0.2, 0) is 0 Å². The molecule has 0 saturated heterocycles. The van der Waals surface area contributed by atoms with Gasteiger partial charge >= 0.3 is 0 Å². The van der Waals surface area contributed by atoms with Gasteiger partial charge in [-0.05, 0) is 31.4 Å². The Labute approximate surface area is 95.1 Å². The first-order valence-electron chi connectivity index (χ1n) is 5.66. The Morgan fingerprint density at radius 1 is 1.44 bits per heavy atom. The summed E-state index contributed by atoms with van der Waals surface area (Å²) < 4.78 is 0. The zero-order chi connectivity index (χ0) is 11.8. The number of anilines is 1. The topological polar surface area (TPSA) is 79.4 Å². The van der Waals surface area contributed by atoms with Crippen molar-refractivity contribution in [3.63, 3.8) is 0 Å². The summed E-state index contributed by atoms with van der Waals surface area (Å²) in [5, 5.41) is 20.6. The van der Waals surface area contributed by atoms with Gasteiger partial charge in [0, 0.05) is 11.8 Å². The lowest BCUT2D eigenvalue weighted by atomic mass is 9.88. The third kappa shape index (κ3) is 1.79. The summed E-state index contributed by atoms with van der Waals surface area (Å²) in [4.78, 5) is 3.97. The minimum Gasteiger partial charge on any atom is -0.387 e. The maximum atomic E-state index is 10.3. The van der Waals surface area contributed by atoms with Crippen molar-refractivity contribution in [1.29, 1.82) is 0 Å². The number of aromatic nitrogens is 1. The standard InChI is InChI=1S/C12H18N2O2/c1-8-4-7-14-11(13)9(8)10(15)12(16)5-2-3-6-12/h4,7,10,15-16H,2-3,5-6H2,1H3,(H2,13,14). The van der Waals surface area contributed by atoms with Gasteiger partial charge in [-0.2, -0.15) is 0 Å². The van der Waals surface area contributed by atoms with Crippen molar-refractivity contribution in [3.05, 3.63) is 23.4 Å². The Morgan fingerprint density at radius 3 is 2.62 bits per heavy atom. The van der Waals surface area contributed by atoms with Gasteiger partial charge in [0.1, 0.15) is 11.9 Å². The van der Waals surface area contributed by atoms with Crippen LogP contribution < -0.4 is 5.73 Å². The summed E-state index contributed by atoms with van der Waals surface area (Å²) in [7, 11) is 0. The summed E-state index contributed by atoms with van der Waals surface area (Å²) in [5.41, 5.74) is 6.19. The van der Waals surface area contributed by atoms with Gasteiger partial charge in [-0.3, -0.25) is 0 Å². The van der Waals surface area contributed by atoms with Gasteiger partial charge in [0.05, 0.1) is 5.60 Å². The second kappa shape index (κ2) is 4.03. The molecule has 0 amide bonds. The second-order valence-electron chi connectivity index (χ2n) is 4.64. The van der Waals surface area contributed by atoms with E-state index >= 15 is 0 Å². The van der Waals surface area contributed by atoms with E-state index in [1.54, 1.807) is 12.3 Å². The number of nitrogens with zero attached hydrogens (tertiary/aromatic N) is 1. The number of nitrogens with two attached hydrogens (primary N) is 1. The highest BCUT2D eigenvalue weighted by Crippen LogP contribution is 2.41. The molecule has 0 spiro atoms. The monoisotopic (exact) mass is 222 g/mol. The molecule has 4 N–H and O–H groups in total. The van der Waals surface area contributed by atoms with Crippen LogP contribution in [0.4, 0.5) is 5.82 Å². The maximum Gasteiger partial charge on any atom is 0.129 e. The fourth-order valence-electron chi connectivity index (χ4n) is 2.48. The third-order valence-electron chi connectivity index (χ3n) is 3.49. The van der Waals surface area contributed by atoms with E-state index in [0.29, 0.717) is 24.2 Å². The lowest BCUT2D eigenvalue weighted by Gasteiger charge is -2.30. The van der Waals surface area contributed by atoms with Gasteiger partial charge in [0.15, 0.2) is 0 Å². The van der Waals surface area contributed by atoms with Gasteiger partial charge in [-0.1, -0.05) is 12.8 Å². The van der Waals surface area contributed by atoms with Gasteiger partial charge in [0.2, 0.25) is 0 Å². The first-order valence-corrected chi connectivity index (χ1v) is 5.66. The van der Waals surface area contributed by atoms with Crippen molar-refractivity contribution in [2.24, 2.45) is 0 Å². The van der Waals surface area contributed by atoms with Gasteiger partial charge in [0.25, 0.3) is 0 Å². The number of aliphatic hydroxyl groups is 2. The normalized spacial score (nSPS) is 20.9. The second-order valence-corrected chi connectivity index (χ2v) is 4.64. The van der Waals surface area contributed by atoms with Crippen LogP contribution >= 0.6 is 0 Å². The van der Waals surface area contributed by atoms with Crippen molar-refractivity contribution in [3.8, 4) is 0 Å². The largest absolute Gasteiger partial charge is 0.387 e. The highest BCUT2D eigenvalue weighted by Gasteiger charge is 2.40. The molecule has 88 valence electrons. The molecule has 0 bridgehead atoms. The SMILES string of the molecule is Cc1ccnc(N)c1C(O)C1(O)CCCC1. The molecule has 0 aliphatic heterocycles. The van der Waals surface area contributed by atoms with Crippen LogP contribution in [-0.4, -0.2) is 20.8 Å². The first-order chi connectivity index (χ1) is 7.54. The molecule has 4 nitrogen and oxygen atoms in total. The van der Waals surface area contributed by atoms with Crippen LogP contribution in [0.25, 0.3) is 0 Å². The number of hydrogen-bond acceptors (Lipinski definition) is 4. The number of hydrogen-bond donors (Lipinski definition) is 3. The van der Waals surface area contributed by atoms with Crippen molar-refractivity contribution in [2.75, 3.05) is 5.73 Å². The van der Waals surface area contributed by atoms with Crippen LogP contribution in [0.1, 0.15) is 42.9 Å². The van der Waals surface area contributed by atoms with E-state index in [1.807, 2.05) is 6.92 Å². The smallest absolute Gasteiger partial charge is 0.129 e. The van der Waals surface area contributed by atoms with Crippen molar-refractivity contribution >= 4 is 5.82 Å². The summed E-state index contributed by atoms with van der Waals surface area (Å²) in [5.74, 6) is 0.313. The fourth-order valence-corrected chi connectivity index (χ4v) is 2.48. The molecule has 1 unspecified atom stereocenters. The van der Waals surface area contributed by atoms with Gasteiger partial charge < -0.3 is 15.9 Å². The van der Waals surface area contributed by atoms with Crippen LogP contribution in [0, 0.1) is 6.92 Å². The summed E-state index contributed by atoms with van der Waals surface area (Å²) >= 11 is 0. The molecule has 0 aromatic carbocycles. The molecule has 16 heavy (non-hydrogen) atoms. The van der Waals surface area contributed by atoms with Crippen molar-refractivity contribution in [2.45, 2.75) is 44.3 Å². The molecule has 1 aliphatic rings. The zero-order valence-corrected chi connectivity index (χ0v) is 9.48. The minimum atomic E-state index is -1.03. The molecule has 1 aliphatic carbocycles. The molecule has 1 aromatic heterocycles. The molecule has 4 heteroatoms. The third-order valence-corrected chi connectivity index (χ3v) is 3.49. The highest BCUT2D eigenvalue weighted by atomic mass is 16.3. The van der Waals surface area contributed by atoms with E-state index in [0.717, 1.165) is 18.4 Å². The molecule has 1 atom stereocenters. The van der Waals surface area contributed by atoms with Crippen LogP contribution in [0.3, 0.4) is 0 Å². The first kappa shape index (κ1) is 11.4. The van der Waals surface area contributed by atoms with Crippen LogP contribution in [0.5, 0.6) is 0 Å². The zero-order valence-electron chi connectivity index (χ0n) is 9.48. The van der Waals surface area contributed by atoms with Crippen LogP contribution in [0.15, 0.2) is 12.3 Å². The van der Waals surface area contributed by atoms with Crippen molar-refractivity contribution in [1.82, 2.24) is 4.98 Å². The molecule has 1 heterocycles. The van der Waals surface area contributed by atoms with Gasteiger partial charge in [-0.25, -0.2) is 4.98 Å². The van der Waals surface area contributed by atoms with E-state index in [9.17, 15) is 10.2 Å². The quantitative estimate of drug-likeness (QED) is 0.705. The van der Waals surface area contributed by atoms with E-state index < -0.39 is 11.7 Å². The Balaban J connectivity index is 2.36. The number of rotatable bonds is 2. The molecular weight excluding hydrogens is 204 g/mol. The maximum absolute atomic E-state index is 10.3.